The van der Waals surface area contributed by atoms with E-state index in [4.69, 9.17) is 11.6 Å². The predicted octanol–water partition coefficient (Wildman–Crippen LogP) is 3.11. The zero-order valence-corrected chi connectivity index (χ0v) is 12.9. The van der Waals surface area contributed by atoms with Crippen LogP contribution >= 0.6 is 22.9 Å². The first-order chi connectivity index (χ1) is 9.99. The number of carbonyl (C=O) groups is 2. The summed E-state index contributed by atoms with van der Waals surface area (Å²) >= 11 is 6.88. The molecule has 0 saturated carbocycles. The first-order valence-corrected chi connectivity index (χ1v) is 7.22. The van der Waals surface area contributed by atoms with Gasteiger partial charge in [0.15, 0.2) is 5.13 Å². The fraction of sp³-hybridized carbons (Fsp3) is 0.154. The molecule has 0 bridgehead atoms. The van der Waals surface area contributed by atoms with Crippen molar-refractivity contribution in [3.8, 4) is 0 Å². The minimum atomic E-state index is -0.436. The minimum Gasteiger partial charge on any atom is -0.354 e. The normalized spacial score (nSPS) is 10.0. The van der Waals surface area contributed by atoms with E-state index in [1.807, 2.05) is 0 Å². The smallest absolute Gasteiger partial charge is 0.325 e. The fourth-order valence-electron chi connectivity index (χ4n) is 1.57. The zero-order chi connectivity index (χ0) is 15.4. The second-order valence-corrected chi connectivity index (χ2v) is 5.53. The Hall–Kier alpha value is -2.12. The Labute approximate surface area is 130 Å². The highest BCUT2D eigenvalue weighted by atomic mass is 35.5. The molecule has 0 spiro atoms. The van der Waals surface area contributed by atoms with Crippen LogP contribution in [0.15, 0.2) is 24.3 Å². The maximum absolute atomic E-state index is 11.8. The molecule has 0 aliphatic rings. The fourth-order valence-corrected chi connectivity index (χ4v) is 2.60. The van der Waals surface area contributed by atoms with Gasteiger partial charge in [-0.25, -0.2) is 9.78 Å². The summed E-state index contributed by atoms with van der Waals surface area (Å²) in [6.07, 6.45) is 0. The van der Waals surface area contributed by atoms with Crippen LogP contribution in [0.3, 0.4) is 0 Å². The number of rotatable bonds is 3. The van der Waals surface area contributed by atoms with Crippen molar-refractivity contribution < 1.29 is 9.59 Å². The summed E-state index contributed by atoms with van der Waals surface area (Å²) in [7, 11) is 1.54. The van der Waals surface area contributed by atoms with Crippen molar-refractivity contribution in [3.05, 3.63) is 39.9 Å². The standard InChI is InChI=1S/C13H13ClN4O2S/c1-7-10(11(19)15-2)21-13(16-7)18-12(20)17-9-5-3-8(14)4-6-9/h3-6H,1-2H3,(H,15,19)(H2,16,17,18,20). The summed E-state index contributed by atoms with van der Waals surface area (Å²) < 4.78 is 0. The second kappa shape index (κ2) is 6.55. The Balaban J connectivity index is 2.03. The Kier molecular flexibility index (Phi) is 4.77. The average Bonchev–Trinajstić information content (AvgIpc) is 2.81. The van der Waals surface area contributed by atoms with Crippen molar-refractivity contribution in [2.75, 3.05) is 17.7 Å². The van der Waals surface area contributed by atoms with Crippen molar-refractivity contribution in [2.45, 2.75) is 6.92 Å². The molecule has 110 valence electrons. The van der Waals surface area contributed by atoms with Crippen LogP contribution in [0.4, 0.5) is 15.6 Å². The summed E-state index contributed by atoms with van der Waals surface area (Å²) in [4.78, 5) is 28.0. The predicted molar refractivity (Wildman–Crippen MR) is 84.3 cm³/mol. The van der Waals surface area contributed by atoms with Gasteiger partial charge in [-0.15, -0.1) is 0 Å². The van der Waals surface area contributed by atoms with Crippen molar-refractivity contribution in [3.63, 3.8) is 0 Å². The molecule has 6 nitrogen and oxygen atoms in total. The van der Waals surface area contributed by atoms with E-state index in [9.17, 15) is 9.59 Å². The van der Waals surface area contributed by atoms with Gasteiger partial charge in [-0.1, -0.05) is 22.9 Å². The lowest BCUT2D eigenvalue weighted by Crippen LogP contribution is -2.19. The largest absolute Gasteiger partial charge is 0.354 e. The number of nitrogens with one attached hydrogen (secondary N) is 3. The van der Waals surface area contributed by atoms with Gasteiger partial charge in [-0.05, 0) is 31.2 Å². The van der Waals surface area contributed by atoms with Gasteiger partial charge in [0.2, 0.25) is 0 Å². The molecule has 0 aliphatic heterocycles. The Bertz CT molecular complexity index is 669. The molecule has 21 heavy (non-hydrogen) atoms. The van der Waals surface area contributed by atoms with Crippen molar-refractivity contribution in [1.82, 2.24) is 10.3 Å². The minimum absolute atomic E-state index is 0.226. The summed E-state index contributed by atoms with van der Waals surface area (Å²) in [5, 5.41) is 8.71. The molecule has 3 N–H and O–H groups in total. The van der Waals surface area contributed by atoms with E-state index in [1.54, 1.807) is 38.2 Å². The number of aromatic nitrogens is 1. The van der Waals surface area contributed by atoms with Crippen molar-refractivity contribution >= 4 is 45.7 Å². The third-order valence-corrected chi connectivity index (χ3v) is 3.88. The molecule has 3 amide bonds. The number of hydrogen-bond donors (Lipinski definition) is 3. The molecule has 0 unspecified atom stereocenters. The topological polar surface area (TPSA) is 83.1 Å². The van der Waals surface area contributed by atoms with Crippen LogP contribution < -0.4 is 16.0 Å². The molecule has 2 aromatic rings. The van der Waals surface area contributed by atoms with Gasteiger partial charge in [-0.2, -0.15) is 0 Å². The Morgan fingerprint density at radius 3 is 2.48 bits per heavy atom. The molecule has 1 heterocycles. The van der Waals surface area contributed by atoms with Gasteiger partial charge in [0, 0.05) is 17.8 Å². The number of nitrogens with zero attached hydrogens (tertiary/aromatic N) is 1. The maximum atomic E-state index is 11.8. The van der Waals surface area contributed by atoms with Crippen LogP contribution in [0.1, 0.15) is 15.4 Å². The number of thiazole rings is 1. The maximum Gasteiger partial charge on any atom is 0.325 e. The summed E-state index contributed by atoms with van der Waals surface area (Å²) in [5.74, 6) is -0.226. The van der Waals surface area contributed by atoms with Crippen LogP contribution in [-0.4, -0.2) is 24.0 Å². The molecule has 2 rings (SSSR count). The highest BCUT2D eigenvalue weighted by Gasteiger charge is 2.15. The molecular formula is C13H13ClN4O2S. The van der Waals surface area contributed by atoms with Crippen LogP contribution in [-0.2, 0) is 0 Å². The van der Waals surface area contributed by atoms with Crippen LogP contribution in [0.5, 0.6) is 0 Å². The van der Waals surface area contributed by atoms with Crippen LogP contribution in [0.2, 0.25) is 5.02 Å². The highest BCUT2D eigenvalue weighted by Crippen LogP contribution is 2.22. The molecule has 8 heteroatoms. The van der Waals surface area contributed by atoms with Crippen molar-refractivity contribution in [1.29, 1.82) is 0 Å². The van der Waals surface area contributed by atoms with E-state index >= 15 is 0 Å². The molecule has 1 aromatic carbocycles. The lowest BCUT2D eigenvalue weighted by Gasteiger charge is -2.05. The summed E-state index contributed by atoms with van der Waals surface area (Å²) in [6.45, 7) is 1.71. The van der Waals surface area contributed by atoms with Gasteiger partial charge in [-0.3, -0.25) is 10.1 Å². The Morgan fingerprint density at radius 2 is 1.86 bits per heavy atom. The van der Waals surface area contributed by atoms with Gasteiger partial charge in [0.1, 0.15) is 4.88 Å². The van der Waals surface area contributed by atoms with E-state index in [0.29, 0.717) is 26.4 Å². The number of urea groups is 1. The SMILES string of the molecule is CNC(=O)c1sc(NC(=O)Nc2ccc(Cl)cc2)nc1C. The number of benzene rings is 1. The lowest BCUT2D eigenvalue weighted by atomic mass is 10.3. The highest BCUT2D eigenvalue weighted by molar-refractivity contribution is 7.17. The molecule has 1 aromatic heterocycles. The molecule has 0 saturated heterocycles. The summed E-state index contributed by atoms with van der Waals surface area (Å²) in [6, 6.07) is 6.29. The number of anilines is 2. The first-order valence-electron chi connectivity index (χ1n) is 6.02. The Morgan fingerprint density at radius 1 is 1.19 bits per heavy atom. The van der Waals surface area contributed by atoms with Crippen LogP contribution in [0, 0.1) is 6.92 Å². The quantitative estimate of drug-likeness (QED) is 0.811. The van der Waals surface area contributed by atoms with E-state index < -0.39 is 6.03 Å². The average molecular weight is 325 g/mol. The van der Waals surface area contributed by atoms with E-state index in [2.05, 4.69) is 20.9 Å². The van der Waals surface area contributed by atoms with Crippen LogP contribution in [0.25, 0.3) is 0 Å². The molecule has 0 aliphatic carbocycles. The van der Waals surface area contributed by atoms with Gasteiger partial charge >= 0.3 is 6.03 Å². The monoisotopic (exact) mass is 324 g/mol. The van der Waals surface area contributed by atoms with E-state index in [1.165, 1.54) is 0 Å². The molecular weight excluding hydrogens is 312 g/mol. The molecule has 0 radical (unpaired) electrons. The lowest BCUT2D eigenvalue weighted by molar-refractivity contribution is 0.0966. The van der Waals surface area contributed by atoms with Crippen molar-refractivity contribution in [2.24, 2.45) is 0 Å². The van der Waals surface area contributed by atoms with Gasteiger partial charge in [0.05, 0.1) is 5.69 Å². The molecule has 0 fully saturated rings. The number of aryl methyl sites for hydroxylation is 1. The van der Waals surface area contributed by atoms with E-state index in [-0.39, 0.29) is 5.91 Å². The first kappa shape index (κ1) is 15.3. The number of carbonyl (C=O) groups excluding carboxylic acids is 2. The van der Waals surface area contributed by atoms with Gasteiger partial charge < -0.3 is 10.6 Å². The molecule has 0 atom stereocenters. The third kappa shape index (κ3) is 3.93. The second-order valence-electron chi connectivity index (χ2n) is 4.10. The summed E-state index contributed by atoms with van der Waals surface area (Å²) in [5.41, 5.74) is 1.18. The number of amides is 3. The number of halogens is 1. The number of hydrogen-bond acceptors (Lipinski definition) is 4. The van der Waals surface area contributed by atoms with Gasteiger partial charge in [0.25, 0.3) is 5.91 Å². The third-order valence-electron chi connectivity index (χ3n) is 2.55. The zero-order valence-electron chi connectivity index (χ0n) is 11.4. The van der Waals surface area contributed by atoms with E-state index in [0.717, 1.165) is 11.3 Å².